The summed E-state index contributed by atoms with van der Waals surface area (Å²) < 4.78 is 0. The van der Waals surface area contributed by atoms with Crippen LogP contribution < -0.4 is 0 Å². The largest absolute Gasteiger partial charge is 0.388 e. The molecule has 0 amide bonds. The monoisotopic (exact) mass is 179 g/mol. The van der Waals surface area contributed by atoms with Crippen LogP contribution in [0.25, 0.3) is 0 Å². The molecule has 13 heavy (non-hydrogen) atoms. The highest BCUT2D eigenvalue weighted by Crippen LogP contribution is 2.17. The van der Waals surface area contributed by atoms with Crippen LogP contribution >= 0.6 is 0 Å². The summed E-state index contributed by atoms with van der Waals surface area (Å²) >= 11 is 0. The maximum Gasteiger partial charge on any atom is 0.0804 e. The second-order valence-corrected chi connectivity index (χ2v) is 3.39. The number of aliphatic hydroxyl groups excluding tert-OH is 1. The van der Waals surface area contributed by atoms with Crippen molar-refractivity contribution in [1.29, 1.82) is 0 Å². The Bertz CT molecular complexity index is 243. The molecule has 0 fully saturated rings. The van der Waals surface area contributed by atoms with Gasteiger partial charge in [-0.1, -0.05) is 25.8 Å². The Labute approximate surface area is 79.6 Å². The maximum absolute atomic E-state index is 9.70. The predicted molar refractivity (Wildman–Crippen MR) is 53.5 cm³/mol. The lowest BCUT2D eigenvalue weighted by Crippen LogP contribution is -1.98. The van der Waals surface area contributed by atoms with Crippen molar-refractivity contribution >= 4 is 0 Å². The molecule has 0 aromatic carbocycles. The Morgan fingerprint density at radius 2 is 2.23 bits per heavy atom. The van der Waals surface area contributed by atoms with E-state index in [9.17, 15) is 5.11 Å². The Hall–Kier alpha value is -0.890. The molecule has 0 aliphatic heterocycles. The van der Waals surface area contributed by atoms with Crippen LogP contribution in [0.5, 0.6) is 0 Å². The Kier molecular flexibility index (Phi) is 3.90. The van der Waals surface area contributed by atoms with Crippen LogP contribution in [0.15, 0.2) is 18.3 Å². The highest BCUT2D eigenvalue weighted by atomic mass is 16.3. The highest BCUT2D eigenvalue weighted by Gasteiger charge is 2.05. The van der Waals surface area contributed by atoms with Crippen molar-refractivity contribution < 1.29 is 5.11 Å². The minimum Gasteiger partial charge on any atom is -0.388 e. The number of aryl methyl sites for hydroxylation is 1. The molecule has 0 aliphatic rings. The zero-order valence-electron chi connectivity index (χ0n) is 8.33. The molecule has 0 saturated heterocycles. The van der Waals surface area contributed by atoms with Crippen LogP contribution in [-0.2, 0) is 0 Å². The van der Waals surface area contributed by atoms with E-state index in [2.05, 4.69) is 11.9 Å². The fourth-order valence-electron chi connectivity index (χ4n) is 1.24. The van der Waals surface area contributed by atoms with Gasteiger partial charge in [0.1, 0.15) is 0 Å². The van der Waals surface area contributed by atoms with Crippen LogP contribution in [0.2, 0.25) is 0 Å². The van der Waals surface area contributed by atoms with Gasteiger partial charge in [-0.2, -0.15) is 0 Å². The first-order valence-corrected chi connectivity index (χ1v) is 4.84. The molecule has 72 valence electrons. The van der Waals surface area contributed by atoms with E-state index in [1.54, 1.807) is 6.20 Å². The van der Waals surface area contributed by atoms with Gasteiger partial charge in [0.2, 0.25) is 0 Å². The van der Waals surface area contributed by atoms with E-state index >= 15 is 0 Å². The van der Waals surface area contributed by atoms with Crippen molar-refractivity contribution in [2.45, 2.75) is 39.2 Å². The number of hydrogen-bond donors (Lipinski definition) is 1. The average molecular weight is 179 g/mol. The van der Waals surface area contributed by atoms with Gasteiger partial charge in [0, 0.05) is 11.9 Å². The van der Waals surface area contributed by atoms with E-state index in [0.29, 0.717) is 0 Å². The third-order valence-corrected chi connectivity index (χ3v) is 2.15. The molecule has 1 N–H and O–H groups in total. The number of aliphatic hydroxyl groups is 1. The Morgan fingerprint density at radius 3 is 2.77 bits per heavy atom. The van der Waals surface area contributed by atoms with Crippen LogP contribution in [0.1, 0.15) is 43.5 Å². The third kappa shape index (κ3) is 3.15. The molecular formula is C11H17NO. The predicted octanol–water partition coefficient (Wildman–Crippen LogP) is 2.61. The van der Waals surface area contributed by atoms with Crippen molar-refractivity contribution in [3.8, 4) is 0 Å². The molecule has 1 unspecified atom stereocenters. The van der Waals surface area contributed by atoms with E-state index < -0.39 is 0 Å². The average Bonchev–Trinajstić information content (AvgIpc) is 2.15. The molecule has 0 bridgehead atoms. The van der Waals surface area contributed by atoms with Gasteiger partial charge in [0.15, 0.2) is 0 Å². The Morgan fingerprint density at radius 1 is 1.46 bits per heavy atom. The van der Waals surface area contributed by atoms with Crippen LogP contribution in [0.3, 0.4) is 0 Å². The first-order valence-electron chi connectivity index (χ1n) is 4.84. The van der Waals surface area contributed by atoms with E-state index in [0.717, 1.165) is 30.5 Å². The lowest BCUT2D eigenvalue weighted by molar-refractivity contribution is 0.164. The number of pyridine rings is 1. The zero-order chi connectivity index (χ0) is 9.68. The SMILES string of the molecule is CCCCC(O)c1ccc(C)nc1. The van der Waals surface area contributed by atoms with Gasteiger partial charge in [0.05, 0.1) is 6.10 Å². The van der Waals surface area contributed by atoms with Crippen molar-refractivity contribution in [2.75, 3.05) is 0 Å². The molecular weight excluding hydrogens is 162 g/mol. The van der Waals surface area contributed by atoms with Gasteiger partial charge >= 0.3 is 0 Å². The molecule has 0 spiro atoms. The fraction of sp³-hybridized carbons (Fsp3) is 0.545. The van der Waals surface area contributed by atoms with Gasteiger partial charge in [-0.3, -0.25) is 4.98 Å². The van der Waals surface area contributed by atoms with Gasteiger partial charge in [-0.15, -0.1) is 0 Å². The van der Waals surface area contributed by atoms with Crippen molar-refractivity contribution in [3.05, 3.63) is 29.6 Å². The Balaban J connectivity index is 2.55. The lowest BCUT2D eigenvalue weighted by atomic mass is 10.1. The van der Waals surface area contributed by atoms with Crippen molar-refractivity contribution in [2.24, 2.45) is 0 Å². The molecule has 0 saturated carbocycles. The number of unbranched alkanes of at least 4 members (excludes halogenated alkanes) is 1. The van der Waals surface area contributed by atoms with E-state index in [1.807, 2.05) is 19.1 Å². The second kappa shape index (κ2) is 4.97. The van der Waals surface area contributed by atoms with Crippen molar-refractivity contribution in [3.63, 3.8) is 0 Å². The molecule has 1 aromatic rings. The molecule has 0 radical (unpaired) electrons. The zero-order valence-corrected chi connectivity index (χ0v) is 8.33. The maximum atomic E-state index is 9.70. The molecule has 2 heteroatoms. The number of rotatable bonds is 4. The molecule has 1 atom stereocenters. The van der Waals surface area contributed by atoms with Crippen LogP contribution in [0, 0.1) is 6.92 Å². The minimum absolute atomic E-state index is 0.340. The second-order valence-electron chi connectivity index (χ2n) is 3.39. The topological polar surface area (TPSA) is 33.1 Å². The third-order valence-electron chi connectivity index (χ3n) is 2.15. The van der Waals surface area contributed by atoms with E-state index in [4.69, 9.17) is 0 Å². The first kappa shape index (κ1) is 10.2. The lowest BCUT2D eigenvalue weighted by Gasteiger charge is -2.09. The summed E-state index contributed by atoms with van der Waals surface area (Å²) in [5.74, 6) is 0. The summed E-state index contributed by atoms with van der Waals surface area (Å²) in [5, 5.41) is 9.70. The highest BCUT2D eigenvalue weighted by molar-refractivity contribution is 5.15. The van der Waals surface area contributed by atoms with Gasteiger partial charge < -0.3 is 5.11 Å². The number of nitrogens with zero attached hydrogens (tertiary/aromatic N) is 1. The summed E-state index contributed by atoms with van der Waals surface area (Å²) in [4.78, 5) is 4.15. The molecule has 1 heterocycles. The summed E-state index contributed by atoms with van der Waals surface area (Å²) in [7, 11) is 0. The quantitative estimate of drug-likeness (QED) is 0.770. The summed E-state index contributed by atoms with van der Waals surface area (Å²) in [6.45, 7) is 4.07. The number of aromatic nitrogens is 1. The standard InChI is InChI=1S/C11H17NO/c1-3-4-5-11(13)10-7-6-9(2)12-8-10/h6-8,11,13H,3-5H2,1-2H3. The smallest absolute Gasteiger partial charge is 0.0804 e. The summed E-state index contributed by atoms with van der Waals surface area (Å²) in [6, 6.07) is 3.88. The van der Waals surface area contributed by atoms with Gasteiger partial charge in [-0.25, -0.2) is 0 Å². The molecule has 1 aromatic heterocycles. The minimum atomic E-state index is -0.340. The van der Waals surface area contributed by atoms with Crippen LogP contribution in [0.4, 0.5) is 0 Å². The first-order chi connectivity index (χ1) is 6.24. The summed E-state index contributed by atoms with van der Waals surface area (Å²) in [5.41, 5.74) is 1.92. The van der Waals surface area contributed by atoms with Crippen LogP contribution in [-0.4, -0.2) is 10.1 Å². The van der Waals surface area contributed by atoms with Gasteiger partial charge in [-0.05, 0) is 25.0 Å². The van der Waals surface area contributed by atoms with Crippen molar-refractivity contribution in [1.82, 2.24) is 4.98 Å². The number of hydrogen-bond acceptors (Lipinski definition) is 2. The molecule has 1 rings (SSSR count). The van der Waals surface area contributed by atoms with E-state index in [1.165, 1.54) is 0 Å². The fourth-order valence-corrected chi connectivity index (χ4v) is 1.24. The van der Waals surface area contributed by atoms with Gasteiger partial charge in [0.25, 0.3) is 0 Å². The normalized spacial score (nSPS) is 12.8. The molecule has 2 nitrogen and oxygen atoms in total. The summed E-state index contributed by atoms with van der Waals surface area (Å²) in [6.07, 6.45) is 4.44. The van der Waals surface area contributed by atoms with E-state index in [-0.39, 0.29) is 6.10 Å². The molecule has 0 aliphatic carbocycles.